The summed E-state index contributed by atoms with van der Waals surface area (Å²) in [5, 5.41) is 6.32. The molecule has 2 amide bonds. The van der Waals surface area contributed by atoms with Crippen molar-refractivity contribution in [3.8, 4) is 0 Å². The minimum atomic E-state index is -0.984. The molecule has 3 atom stereocenters. The summed E-state index contributed by atoms with van der Waals surface area (Å²) in [5.74, 6) is -0.129. The van der Waals surface area contributed by atoms with Gasteiger partial charge in [0, 0.05) is 38.0 Å². The Morgan fingerprint density at radius 2 is 1.54 bits per heavy atom. The van der Waals surface area contributed by atoms with Crippen molar-refractivity contribution in [3.63, 3.8) is 0 Å². The quantitative estimate of drug-likeness (QED) is 0.497. The fourth-order valence-electron chi connectivity index (χ4n) is 5.23. The third kappa shape index (κ3) is 7.53. The first kappa shape index (κ1) is 26.7. The molecule has 1 aliphatic rings. The Morgan fingerprint density at radius 1 is 1.00 bits per heavy atom. The second kappa shape index (κ2) is 11.7. The van der Waals surface area contributed by atoms with Gasteiger partial charge in [0.25, 0.3) is 0 Å². The number of benzene rings is 2. The third-order valence-electron chi connectivity index (χ3n) is 6.77. The number of carbonyl (C=O) groups is 2. The molecule has 2 N–H and O–H groups in total. The molecule has 0 heterocycles. The molecule has 0 saturated heterocycles. The van der Waals surface area contributed by atoms with E-state index in [1.54, 1.807) is 0 Å². The maximum atomic E-state index is 13.9. The lowest BCUT2D eigenvalue weighted by atomic mass is 9.67. The molecule has 0 unspecified atom stereocenters. The van der Waals surface area contributed by atoms with Gasteiger partial charge in [-0.2, -0.15) is 0 Å². The number of amides is 2. The summed E-state index contributed by atoms with van der Waals surface area (Å²) in [5.41, 5.74) is 1.07. The summed E-state index contributed by atoms with van der Waals surface area (Å²) in [6.45, 7) is 13.7. The van der Waals surface area contributed by atoms with E-state index in [2.05, 4.69) is 70.6 Å². The van der Waals surface area contributed by atoms with Crippen molar-refractivity contribution in [1.82, 2.24) is 15.5 Å². The van der Waals surface area contributed by atoms with Gasteiger partial charge in [-0.15, -0.1) is 6.58 Å². The van der Waals surface area contributed by atoms with Gasteiger partial charge in [0.1, 0.15) is 5.54 Å². The summed E-state index contributed by atoms with van der Waals surface area (Å²) in [6.07, 6.45) is 4.30. The molecule has 0 bridgehead atoms. The average Bonchev–Trinajstić information content (AvgIpc) is 2.80. The van der Waals surface area contributed by atoms with E-state index < -0.39 is 11.1 Å². The van der Waals surface area contributed by atoms with Crippen molar-refractivity contribution >= 4 is 11.8 Å². The molecule has 2 aromatic carbocycles. The minimum absolute atomic E-state index is 0.0302. The first-order chi connectivity index (χ1) is 16.6. The number of nitrogens with zero attached hydrogens (tertiary/aromatic N) is 1. The van der Waals surface area contributed by atoms with E-state index in [1.807, 2.05) is 39.0 Å². The predicted molar refractivity (Wildman–Crippen MR) is 142 cm³/mol. The van der Waals surface area contributed by atoms with Gasteiger partial charge >= 0.3 is 0 Å². The first-order valence-corrected chi connectivity index (χ1v) is 12.7. The Hall–Kier alpha value is -2.92. The van der Waals surface area contributed by atoms with Gasteiger partial charge in [-0.1, -0.05) is 66.7 Å². The molecule has 1 saturated carbocycles. The van der Waals surface area contributed by atoms with Crippen LogP contribution in [0, 0.1) is 11.8 Å². The van der Waals surface area contributed by atoms with Gasteiger partial charge < -0.3 is 10.6 Å². The van der Waals surface area contributed by atoms with Crippen LogP contribution in [0.2, 0.25) is 0 Å². The third-order valence-corrected chi connectivity index (χ3v) is 6.77. The summed E-state index contributed by atoms with van der Waals surface area (Å²) in [4.78, 5) is 28.7. The van der Waals surface area contributed by atoms with Crippen LogP contribution in [0.4, 0.5) is 0 Å². The Bertz CT molecular complexity index is 942. The van der Waals surface area contributed by atoms with Crippen LogP contribution in [-0.4, -0.2) is 34.3 Å². The molecule has 35 heavy (non-hydrogen) atoms. The van der Waals surface area contributed by atoms with Crippen LogP contribution in [0.1, 0.15) is 58.1 Å². The monoisotopic (exact) mass is 475 g/mol. The van der Waals surface area contributed by atoms with Crippen molar-refractivity contribution in [2.45, 2.75) is 71.1 Å². The summed E-state index contributed by atoms with van der Waals surface area (Å²) in [7, 11) is 0. The van der Waals surface area contributed by atoms with E-state index in [0.717, 1.165) is 25.9 Å². The molecule has 1 fully saturated rings. The van der Waals surface area contributed by atoms with Crippen LogP contribution >= 0.6 is 0 Å². The van der Waals surface area contributed by atoms with E-state index in [4.69, 9.17) is 0 Å². The van der Waals surface area contributed by atoms with E-state index >= 15 is 0 Å². The Labute approximate surface area is 211 Å². The van der Waals surface area contributed by atoms with Crippen molar-refractivity contribution in [2.75, 3.05) is 6.54 Å². The SMILES string of the molecule is C=C[C@@H]1CC[C@@H](CN(Cc2ccccc2)Cc2ccccc2)[C@@](NC(C)=O)(C(=O)NC(C)(C)C)C1. The van der Waals surface area contributed by atoms with Crippen molar-refractivity contribution in [2.24, 2.45) is 11.8 Å². The first-order valence-electron chi connectivity index (χ1n) is 12.7. The van der Waals surface area contributed by atoms with E-state index in [-0.39, 0.29) is 23.7 Å². The standard InChI is InChI=1S/C30H41N3O2/c1-6-24-17-18-27(30(19-24,31-23(2)34)28(35)32-29(3,4)5)22-33(20-25-13-9-7-10-14-25)21-26-15-11-8-12-16-26/h6-16,24,27H,1,17-22H2,2-5H3,(H,31,34)(H,32,35)/t24-,27+,30-/m1/s1. The average molecular weight is 476 g/mol. The lowest BCUT2D eigenvalue weighted by Crippen LogP contribution is -2.68. The van der Waals surface area contributed by atoms with E-state index in [0.29, 0.717) is 13.0 Å². The second-order valence-corrected chi connectivity index (χ2v) is 11.0. The topological polar surface area (TPSA) is 61.4 Å². The smallest absolute Gasteiger partial charge is 0.246 e. The highest BCUT2D eigenvalue weighted by molar-refractivity contribution is 5.92. The van der Waals surface area contributed by atoms with Crippen LogP contribution in [0.25, 0.3) is 0 Å². The molecule has 0 aromatic heterocycles. The molecule has 0 radical (unpaired) electrons. The zero-order chi connectivity index (χ0) is 25.5. The number of nitrogens with one attached hydrogen (secondary N) is 2. The predicted octanol–water partition coefficient (Wildman–Crippen LogP) is 5.08. The lowest BCUT2D eigenvalue weighted by Gasteiger charge is -2.48. The van der Waals surface area contributed by atoms with Crippen molar-refractivity contribution < 1.29 is 9.59 Å². The largest absolute Gasteiger partial charge is 0.349 e. The number of hydrogen-bond acceptors (Lipinski definition) is 3. The molecule has 188 valence electrons. The van der Waals surface area contributed by atoms with E-state index in [9.17, 15) is 9.59 Å². The fraction of sp³-hybridized carbons (Fsp3) is 0.467. The Balaban J connectivity index is 1.96. The highest BCUT2D eigenvalue weighted by Gasteiger charge is 2.50. The fourth-order valence-corrected chi connectivity index (χ4v) is 5.23. The molecular weight excluding hydrogens is 434 g/mol. The van der Waals surface area contributed by atoms with Gasteiger partial charge in [0.15, 0.2) is 0 Å². The zero-order valence-electron chi connectivity index (χ0n) is 21.7. The maximum Gasteiger partial charge on any atom is 0.246 e. The van der Waals surface area contributed by atoms with Crippen LogP contribution in [0.3, 0.4) is 0 Å². The molecule has 3 rings (SSSR count). The number of hydrogen-bond donors (Lipinski definition) is 2. The lowest BCUT2D eigenvalue weighted by molar-refractivity contribution is -0.139. The summed E-state index contributed by atoms with van der Waals surface area (Å²) < 4.78 is 0. The van der Waals surface area contributed by atoms with Crippen LogP contribution in [-0.2, 0) is 22.7 Å². The van der Waals surface area contributed by atoms with Crippen molar-refractivity contribution in [3.05, 3.63) is 84.4 Å². The summed E-state index contributed by atoms with van der Waals surface area (Å²) >= 11 is 0. The van der Waals surface area contributed by atoms with Gasteiger partial charge in [0.2, 0.25) is 11.8 Å². The Morgan fingerprint density at radius 3 is 2.00 bits per heavy atom. The van der Waals surface area contributed by atoms with Gasteiger partial charge in [-0.3, -0.25) is 14.5 Å². The number of allylic oxidation sites excluding steroid dienone is 1. The molecule has 2 aromatic rings. The second-order valence-electron chi connectivity index (χ2n) is 11.0. The van der Waals surface area contributed by atoms with Crippen LogP contribution < -0.4 is 10.6 Å². The van der Waals surface area contributed by atoms with Crippen molar-refractivity contribution in [1.29, 1.82) is 0 Å². The maximum absolute atomic E-state index is 13.9. The van der Waals surface area contributed by atoms with Gasteiger partial charge in [0.05, 0.1) is 0 Å². The molecule has 1 aliphatic carbocycles. The van der Waals surface area contributed by atoms with Crippen LogP contribution in [0.15, 0.2) is 73.3 Å². The molecule has 5 heteroatoms. The minimum Gasteiger partial charge on any atom is -0.349 e. The molecule has 0 aliphatic heterocycles. The van der Waals surface area contributed by atoms with E-state index in [1.165, 1.54) is 18.1 Å². The van der Waals surface area contributed by atoms with Crippen LogP contribution in [0.5, 0.6) is 0 Å². The number of carbonyl (C=O) groups excluding carboxylic acids is 2. The summed E-state index contributed by atoms with van der Waals surface area (Å²) in [6, 6.07) is 20.8. The van der Waals surface area contributed by atoms with Gasteiger partial charge in [-0.25, -0.2) is 0 Å². The highest BCUT2D eigenvalue weighted by Crippen LogP contribution is 2.39. The molecule has 0 spiro atoms. The normalized spacial score (nSPS) is 22.4. The zero-order valence-corrected chi connectivity index (χ0v) is 21.7. The molecule has 5 nitrogen and oxygen atoms in total. The molecular formula is C30H41N3O2. The Kier molecular flexibility index (Phi) is 8.90. The number of rotatable bonds is 9. The van der Waals surface area contributed by atoms with Gasteiger partial charge in [-0.05, 0) is 57.1 Å². The highest BCUT2D eigenvalue weighted by atomic mass is 16.2.